The van der Waals surface area contributed by atoms with E-state index in [2.05, 4.69) is 10.2 Å². The van der Waals surface area contributed by atoms with Crippen molar-refractivity contribution >= 4 is 5.91 Å². The molecule has 2 rings (SSSR count). The molecule has 0 aromatic rings. The monoisotopic (exact) mass is 255 g/mol. The second kappa shape index (κ2) is 5.99. The van der Waals surface area contributed by atoms with Crippen LogP contribution in [0.1, 0.15) is 26.2 Å². The van der Waals surface area contributed by atoms with Gasteiger partial charge in [-0.1, -0.05) is 0 Å². The molecule has 1 atom stereocenters. The summed E-state index contributed by atoms with van der Waals surface area (Å²) >= 11 is 0. The molecule has 2 fully saturated rings. The van der Waals surface area contributed by atoms with Crippen molar-refractivity contribution in [3.8, 4) is 0 Å². The SMILES string of the molecule is CC1(O)CCCN(C(=O)CN2CCCNCC2)C1. The van der Waals surface area contributed by atoms with Crippen LogP contribution in [0.5, 0.6) is 0 Å². The van der Waals surface area contributed by atoms with Crippen molar-refractivity contribution in [2.45, 2.75) is 31.8 Å². The van der Waals surface area contributed by atoms with Gasteiger partial charge in [-0.05, 0) is 39.3 Å². The minimum Gasteiger partial charge on any atom is -0.388 e. The van der Waals surface area contributed by atoms with Gasteiger partial charge in [-0.3, -0.25) is 9.69 Å². The van der Waals surface area contributed by atoms with Crippen molar-refractivity contribution in [3.05, 3.63) is 0 Å². The molecule has 5 nitrogen and oxygen atoms in total. The van der Waals surface area contributed by atoms with Gasteiger partial charge < -0.3 is 15.3 Å². The standard InChI is InChI=1S/C13H25N3O2/c1-13(18)4-2-8-16(11-13)12(17)10-15-7-3-5-14-6-9-15/h14,18H,2-11H2,1H3. The largest absolute Gasteiger partial charge is 0.388 e. The molecule has 2 heterocycles. The van der Waals surface area contributed by atoms with Crippen LogP contribution in [0.3, 0.4) is 0 Å². The summed E-state index contributed by atoms with van der Waals surface area (Å²) in [5.74, 6) is 0.164. The maximum atomic E-state index is 12.2. The average molecular weight is 255 g/mol. The minimum absolute atomic E-state index is 0.164. The van der Waals surface area contributed by atoms with E-state index in [0.717, 1.165) is 52.0 Å². The highest BCUT2D eigenvalue weighted by molar-refractivity contribution is 5.78. The number of amides is 1. The van der Waals surface area contributed by atoms with Crippen LogP contribution in [0.4, 0.5) is 0 Å². The van der Waals surface area contributed by atoms with Crippen molar-refractivity contribution in [2.24, 2.45) is 0 Å². The highest BCUT2D eigenvalue weighted by Gasteiger charge is 2.31. The summed E-state index contributed by atoms with van der Waals surface area (Å²) in [6, 6.07) is 0. The van der Waals surface area contributed by atoms with Crippen LogP contribution in [0, 0.1) is 0 Å². The zero-order valence-electron chi connectivity index (χ0n) is 11.3. The van der Waals surface area contributed by atoms with Gasteiger partial charge in [-0.25, -0.2) is 0 Å². The Morgan fingerprint density at radius 3 is 2.89 bits per heavy atom. The second-order valence-corrected chi connectivity index (χ2v) is 5.80. The lowest BCUT2D eigenvalue weighted by atomic mass is 9.95. The number of carbonyl (C=O) groups is 1. The molecule has 2 aliphatic heterocycles. The first-order valence-electron chi connectivity index (χ1n) is 7.00. The second-order valence-electron chi connectivity index (χ2n) is 5.80. The molecule has 1 unspecified atom stereocenters. The van der Waals surface area contributed by atoms with Crippen LogP contribution in [-0.4, -0.2) is 72.2 Å². The van der Waals surface area contributed by atoms with Crippen LogP contribution in [0.25, 0.3) is 0 Å². The predicted molar refractivity (Wildman–Crippen MR) is 70.4 cm³/mol. The maximum absolute atomic E-state index is 12.2. The Morgan fingerprint density at radius 2 is 2.11 bits per heavy atom. The minimum atomic E-state index is -0.700. The van der Waals surface area contributed by atoms with Crippen LogP contribution >= 0.6 is 0 Å². The van der Waals surface area contributed by atoms with E-state index in [-0.39, 0.29) is 5.91 Å². The van der Waals surface area contributed by atoms with Gasteiger partial charge in [0.05, 0.1) is 12.1 Å². The summed E-state index contributed by atoms with van der Waals surface area (Å²) in [6.45, 7) is 7.53. The first-order chi connectivity index (χ1) is 8.57. The zero-order valence-corrected chi connectivity index (χ0v) is 11.3. The summed E-state index contributed by atoms with van der Waals surface area (Å²) in [5.41, 5.74) is -0.700. The maximum Gasteiger partial charge on any atom is 0.236 e. The molecule has 0 bridgehead atoms. The lowest BCUT2D eigenvalue weighted by Crippen LogP contribution is -2.51. The Balaban J connectivity index is 1.83. The summed E-state index contributed by atoms with van der Waals surface area (Å²) < 4.78 is 0. The van der Waals surface area contributed by atoms with E-state index < -0.39 is 5.60 Å². The third kappa shape index (κ3) is 3.93. The van der Waals surface area contributed by atoms with E-state index in [1.807, 2.05) is 11.8 Å². The van der Waals surface area contributed by atoms with E-state index in [0.29, 0.717) is 13.1 Å². The third-order valence-electron chi connectivity index (χ3n) is 3.82. The van der Waals surface area contributed by atoms with Gasteiger partial charge in [-0.2, -0.15) is 0 Å². The molecule has 1 amide bonds. The predicted octanol–water partition coefficient (Wildman–Crippen LogP) is -0.345. The molecule has 5 heteroatoms. The summed E-state index contributed by atoms with van der Waals surface area (Å²) in [4.78, 5) is 16.3. The molecule has 2 N–H and O–H groups in total. The van der Waals surface area contributed by atoms with E-state index in [1.54, 1.807) is 0 Å². The zero-order chi connectivity index (χ0) is 13.0. The number of nitrogens with zero attached hydrogens (tertiary/aromatic N) is 2. The Kier molecular flexibility index (Phi) is 4.59. The smallest absolute Gasteiger partial charge is 0.236 e. The van der Waals surface area contributed by atoms with E-state index in [4.69, 9.17) is 0 Å². The van der Waals surface area contributed by atoms with Gasteiger partial charge in [-0.15, -0.1) is 0 Å². The van der Waals surface area contributed by atoms with Crippen molar-refractivity contribution < 1.29 is 9.90 Å². The first-order valence-corrected chi connectivity index (χ1v) is 7.00. The fourth-order valence-electron chi connectivity index (χ4n) is 2.78. The molecule has 2 aliphatic rings. The molecule has 104 valence electrons. The number of nitrogens with one attached hydrogen (secondary N) is 1. The first kappa shape index (κ1) is 13.8. The Bertz CT molecular complexity index is 286. The molecule has 0 spiro atoms. The molecular formula is C13H25N3O2. The van der Waals surface area contributed by atoms with Gasteiger partial charge in [0.15, 0.2) is 0 Å². The van der Waals surface area contributed by atoms with Gasteiger partial charge in [0.2, 0.25) is 5.91 Å². The molecular weight excluding hydrogens is 230 g/mol. The lowest BCUT2D eigenvalue weighted by molar-refractivity contribution is -0.138. The van der Waals surface area contributed by atoms with E-state index >= 15 is 0 Å². The molecule has 0 aliphatic carbocycles. The van der Waals surface area contributed by atoms with Crippen LogP contribution < -0.4 is 5.32 Å². The Morgan fingerprint density at radius 1 is 1.28 bits per heavy atom. The van der Waals surface area contributed by atoms with Crippen LogP contribution in [-0.2, 0) is 4.79 Å². The number of rotatable bonds is 2. The van der Waals surface area contributed by atoms with Gasteiger partial charge >= 0.3 is 0 Å². The van der Waals surface area contributed by atoms with Crippen molar-refractivity contribution in [1.82, 2.24) is 15.1 Å². The number of aliphatic hydroxyl groups is 1. The van der Waals surface area contributed by atoms with Crippen molar-refractivity contribution in [2.75, 3.05) is 45.8 Å². The Hall–Kier alpha value is -0.650. The molecule has 18 heavy (non-hydrogen) atoms. The van der Waals surface area contributed by atoms with Gasteiger partial charge in [0.1, 0.15) is 0 Å². The number of hydrogen-bond acceptors (Lipinski definition) is 4. The van der Waals surface area contributed by atoms with Crippen LogP contribution in [0.15, 0.2) is 0 Å². The quantitative estimate of drug-likeness (QED) is 0.708. The fourth-order valence-corrected chi connectivity index (χ4v) is 2.78. The third-order valence-corrected chi connectivity index (χ3v) is 3.82. The number of hydrogen-bond donors (Lipinski definition) is 2. The Labute approximate surface area is 109 Å². The summed E-state index contributed by atoms with van der Waals surface area (Å²) in [7, 11) is 0. The molecule has 0 aromatic heterocycles. The lowest BCUT2D eigenvalue weighted by Gasteiger charge is -2.37. The van der Waals surface area contributed by atoms with Gasteiger partial charge in [0, 0.05) is 26.2 Å². The molecule has 2 saturated heterocycles. The topological polar surface area (TPSA) is 55.8 Å². The summed E-state index contributed by atoms with van der Waals surface area (Å²) in [6.07, 6.45) is 2.80. The molecule has 0 aromatic carbocycles. The average Bonchev–Trinajstić information content (AvgIpc) is 2.56. The van der Waals surface area contributed by atoms with E-state index in [9.17, 15) is 9.90 Å². The van der Waals surface area contributed by atoms with E-state index in [1.165, 1.54) is 0 Å². The highest BCUT2D eigenvalue weighted by Crippen LogP contribution is 2.20. The number of likely N-dealkylation sites (tertiary alicyclic amines) is 1. The number of carbonyl (C=O) groups excluding carboxylic acids is 1. The van der Waals surface area contributed by atoms with Crippen molar-refractivity contribution in [1.29, 1.82) is 0 Å². The summed E-state index contributed by atoms with van der Waals surface area (Å²) in [5, 5.41) is 13.4. The highest BCUT2D eigenvalue weighted by atomic mass is 16.3. The van der Waals surface area contributed by atoms with Crippen LogP contribution in [0.2, 0.25) is 0 Å². The number of piperidine rings is 1. The number of β-amino-alcohol motifs (C(OH)–C–C–N with tert-alkyl or cyclic N) is 1. The fraction of sp³-hybridized carbons (Fsp3) is 0.923. The normalized spacial score (nSPS) is 31.1. The van der Waals surface area contributed by atoms with Gasteiger partial charge in [0.25, 0.3) is 0 Å². The van der Waals surface area contributed by atoms with Crippen molar-refractivity contribution in [3.63, 3.8) is 0 Å². The molecule has 0 saturated carbocycles. The molecule has 0 radical (unpaired) electrons.